The van der Waals surface area contributed by atoms with E-state index in [1.165, 1.54) is 44.5 Å². The summed E-state index contributed by atoms with van der Waals surface area (Å²) < 4.78 is 6.38. The molecule has 2 aromatic heterocycles. The van der Waals surface area contributed by atoms with Crippen molar-refractivity contribution in [1.82, 2.24) is 9.97 Å². The summed E-state index contributed by atoms with van der Waals surface area (Å²) in [7, 11) is 0. The predicted molar refractivity (Wildman–Crippen MR) is 227 cm³/mol. The number of nitrogens with zero attached hydrogens (tertiary/aromatic N) is 2. The van der Waals surface area contributed by atoms with Crippen molar-refractivity contribution in [2.75, 3.05) is 0 Å². The predicted octanol–water partition coefficient (Wildman–Crippen LogP) is 13.4. The molecule has 0 fully saturated rings. The van der Waals surface area contributed by atoms with Crippen LogP contribution >= 0.6 is 0 Å². The Morgan fingerprint density at radius 2 is 0.857 bits per heavy atom. The Morgan fingerprint density at radius 1 is 0.339 bits per heavy atom. The lowest BCUT2D eigenvalue weighted by atomic mass is 9.70. The lowest BCUT2D eigenvalue weighted by Crippen LogP contribution is -2.25. The fraction of sp³-hybridized carbons (Fsp3) is 0.0189. The summed E-state index contributed by atoms with van der Waals surface area (Å²) in [5, 5.41) is 2.25. The minimum Gasteiger partial charge on any atom is -0.455 e. The molecule has 0 radical (unpaired) electrons. The van der Waals surface area contributed by atoms with Crippen LogP contribution in [0.1, 0.15) is 22.3 Å². The Balaban J connectivity index is 1.01. The van der Waals surface area contributed by atoms with Crippen LogP contribution in [0.15, 0.2) is 199 Å². The molecule has 2 aliphatic rings. The highest BCUT2D eigenvalue weighted by Crippen LogP contribution is 2.63. The first-order valence-electron chi connectivity index (χ1n) is 19.2. The third-order valence-corrected chi connectivity index (χ3v) is 11.9. The average molecular weight is 713 g/mol. The first-order chi connectivity index (χ1) is 27.8. The molecule has 12 rings (SSSR count). The monoisotopic (exact) mass is 712 g/mol. The maximum atomic E-state index is 6.38. The zero-order chi connectivity index (χ0) is 36.8. The third-order valence-electron chi connectivity index (χ3n) is 11.9. The molecule has 0 bridgehead atoms. The van der Waals surface area contributed by atoms with Crippen LogP contribution in [-0.2, 0) is 5.41 Å². The molecule has 0 unspecified atom stereocenters. The van der Waals surface area contributed by atoms with Crippen molar-refractivity contribution < 1.29 is 4.42 Å². The second-order valence-electron chi connectivity index (χ2n) is 14.8. The van der Waals surface area contributed by atoms with E-state index in [1.54, 1.807) is 0 Å². The van der Waals surface area contributed by atoms with Crippen LogP contribution in [0.5, 0.6) is 0 Å². The molecule has 0 saturated heterocycles. The smallest absolute Gasteiger partial charge is 0.160 e. The summed E-state index contributed by atoms with van der Waals surface area (Å²) >= 11 is 0. The number of benzene rings is 8. The van der Waals surface area contributed by atoms with Gasteiger partial charge < -0.3 is 4.42 Å². The van der Waals surface area contributed by atoms with Crippen LogP contribution in [0, 0.1) is 0 Å². The molecule has 3 heteroatoms. The Labute approximate surface area is 324 Å². The fourth-order valence-electron chi connectivity index (χ4n) is 9.51. The first kappa shape index (κ1) is 31.0. The van der Waals surface area contributed by atoms with Crippen molar-refractivity contribution in [3.63, 3.8) is 0 Å². The van der Waals surface area contributed by atoms with Gasteiger partial charge in [-0.15, -0.1) is 0 Å². The van der Waals surface area contributed by atoms with Gasteiger partial charge in [0, 0.05) is 33.0 Å². The molecule has 8 aromatic carbocycles. The van der Waals surface area contributed by atoms with Gasteiger partial charge in [-0.05, 0) is 68.3 Å². The van der Waals surface area contributed by atoms with Gasteiger partial charge in [-0.3, -0.25) is 0 Å². The van der Waals surface area contributed by atoms with E-state index >= 15 is 0 Å². The van der Waals surface area contributed by atoms with Crippen molar-refractivity contribution in [2.24, 2.45) is 0 Å². The van der Waals surface area contributed by atoms with E-state index in [1.807, 2.05) is 30.3 Å². The van der Waals surface area contributed by atoms with E-state index in [2.05, 4.69) is 164 Å². The van der Waals surface area contributed by atoms with Crippen LogP contribution in [0.25, 0.3) is 89.2 Å². The molecular weight excluding hydrogens is 681 g/mol. The van der Waals surface area contributed by atoms with Crippen molar-refractivity contribution in [3.8, 4) is 67.3 Å². The number of aromatic nitrogens is 2. The van der Waals surface area contributed by atoms with Gasteiger partial charge in [-0.2, -0.15) is 0 Å². The highest BCUT2D eigenvalue weighted by atomic mass is 16.3. The van der Waals surface area contributed by atoms with Gasteiger partial charge in [-0.25, -0.2) is 9.97 Å². The van der Waals surface area contributed by atoms with E-state index in [0.717, 1.165) is 61.1 Å². The van der Waals surface area contributed by atoms with Gasteiger partial charge in [0.15, 0.2) is 5.82 Å². The molecule has 1 spiro atoms. The highest BCUT2D eigenvalue weighted by Gasteiger charge is 2.51. The Bertz CT molecular complexity index is 3150. The van der Waals surface area contributed by atoms with Crippen molar-refractivity contribution in [3.05, 3.63) is 216 Å². The van der Waals surface area contributed by atoms with Crippen LogP contribution in [-0.4, -0.2) is 9.97 Å². The largest absolute Gasteiger partial charge is 0.455 e. The molecule has 260 valence electrons. The second kappa shape index (κ2) is 11.8. The molecule has 10 aromatic rings. The molecule has 2 aliphatic carbocycles. The average Bonchev–Trinajstić information content (AvgIpc) is 3.91. The number of para-hydroxylation sites is 2. The summed E-state index contributed by atoms with van der Waals surface area (Å²) in [6.07, 6.45) is 0. The zero-order valence-electron chi connectivity index (χ0n) is 30.3. The lowest BCUT2D eigenvalue weighted by Gasteiger charge is -2.30. The van der Waals surface area contributed by atoms with Crippen LogP contribution in [0.4, 0.5) is 0 Å². The SMILES string of the molecule is c1ccc(-c2nc(-c3ccc(-c4cccc5c4oc4ccccc45)cc3)cc(-c3ccc4c(c3)-c3ccccc3C43c4ccccc4-c4ccccc43)n2)cc1. The minimum atomic E-state index is -0.377. The van der Waals surface area contributed by atoms with Gasteiger partial charge in [0.05, 0.1) is 16.8 Å². The first-order valence-corrected chi connectivity index (χ1v) is 19.2. The lowest BCUT2D eigenvalue weighted by molar-refractivity contribution is 0.670. The van der Waals surface area contributed by atoms with Crippen molar-refractivity contribution in [2.45, 2.75) is 5.41 Å². The quantitative estimate of drug-likeness (QED) is 0.182. The van der Waals surface area contributed by atoms with E-state index in [0.29, 0.717) is 5.82 Å². The summed E-state index contributed by atoms with van der Waals surface area (Å²) in [5.41, 5.74) is 18.9. The number of fused-ring (bicyclic) bond motifs is 13. The standard InChI is InChI=1S/C53H32N2O/c1-2-13-35(14-3-1)52-54-48(34-27-25-33(26-28-34)37-19-12-20-42-41-18-7-11-24-50(41)56-51(37)42)32-49(55-52)36-29-30-47-43(31-36)40-17-6-10-23-46(40)53(47)44-21-8-4-15-38(44)39-16-5-9-22-45(39)53/h1-32H. The summed E-state index contributed by atoms with van der Waals surface area (Å²) in [4.78, 5) is 10.4. The van der Waals surface area contributed by atoms with Crippen molar-refractivity contribution >= 4 is 21.9 Å². The Hall–Kier alpha value is -7.36. The molecular formula is C53H32N2O. The van der Waals surface area contributed by atoms with Gasteiger partial charge in [-0.1, -0.05) is 176 Å². The maximum absolute atomic E-state index is 6.38. The number of hydrogen-bond acceptors (Lipinski definition) is 3. The summed E-state index contributed by atoms with van der Waals surface area (Å²) in [6, 6.07) is 69.5. The zero-order valence-corrected chi connectivity index (χ0v) is 30.3. The van der Waals surface area contributed by atoms with E-state index in [4.69, 9.17) is 14.4 Å². The van der Waals surface area contributed by atoms with Gasteiger partial charge in [0.1, 0.15) is 11.2 Å². The molecule has 0 aliphatic heterocycles. The second-order valence-corrected chi connectivity index (χ2v) is 14.8. The molecule has 0 N–H and O–H groups in total. The number of hydrogen-bond donors (Lipinski definition) is 0. The normalized spacial score (nSPS) is 13.1. The fourth-order valence-corrected chi connectivity index (χ4v) is 9.51. The van der Waals surface area contributed by atoms with E-state index in [9.17, 15) is 0 Å². The highest BCUT2D eigenvalue weighted by molar-refractivity contribution is 6.09. The summed E-state index contributed by atoms with van der Waals surface area (Å²) in [6.45, 7) is 0. The topological polar surface area (TPSA) is 38.9 Å². The third kappa shape index (κ3) is 4.34. The molecule has 0 atom stereocenters. The van der Waals surface area contributed by atoms with Gasteiger partial charge in [0.2, 0.25) is 0 Å². The van der Waals surface area contributed by atoms with Crippen molar-refractivity contribution in [1.29, 1.82) is 0 Å². The molecule has 56 heavy (non-hydrogen) atoms. The van der Waals surface area contributed by atoms with Crippen LogP contribution in [0.2, 0.25) is 0 Å². The van der Waals surface area contributed by atoms with Crippen LogP contribution in [0.3, 0.4) is 0 Å². The molecule has 3 nitrogen and oxygen atoms in total. The van der Waals surface area contributed by atoms with Gasteiger partial charge in [0.25, 0.3) is 0 Å². The molecule has 2 heterocycles. The number of rotatable bonds is 4. The maximum Gasteiger partial charge on any atom is 0.160 e. The Kier molecular flexibility index (Phi) is 6.55. The summed E-state index contributed by atoms with van der Waals surface area (Å²) in [5.74, 6) is 0.699. The Morgan fingerprint density at radius 3 is 1.57 bits per heavy atom. The van der Waals surface area contributed by atoms with E-state index < -0.39 is 0 Å². The number of furan rings is 1. The molecule has 0 amide bonds. The van der Waals surface area contributed by atoms with E-state index in [-0.39, 0.29) is 5.41 Å². The van der Waals surface area contributed by atoms with Gasteiger partial charge >= 0.3 is 0 Å². The van der Waals surface area contributed by atoms with Crippen LogP contribution < -0.4 is 0 Å². The molecule has 0 saturated carbocycles. The minimum absolute atomic E-state index is 0.377.